The molecule has 14 heteroatoms. The first-order chi connectivity index (χ1) is 19.7. The van der Waals surface area contributed by atoms with E-state index in [0.29, 0.717) is 18.7 Å². The highest BCUT2D eigenvalue weighted by atomic mass is 32.2. The van der Waals surface area contributed by atoms with Crippen LogP contribution in [0, 0.1) is 11.6 Å². The van der Waals surface area contributed by atoms with Crippen LogP contribution in [0.5, 0.6) is 5.75 Å². The van der Waals surface area contributed by atoms with Gasteiger partial charge in [0.05, 0.1) is 17.3 Å². The molecule has 1 aromatic heterocycles. The number of fused-ring (bicyclic) bond motifs is 1. The number of hydrogen-bond acceptors (Lipinski definition) is 6. The molecule has 5 rings (SSSR count). The maximum atomic E-state index is 15.0. The van der Waals surface area contributed by atoms with Crippen molar-refractivity contribution in [2.45, 2.75) is 25.6 Å². The average molecular weight is 609 g/mol. The highest BCUT2D eigenvalue weighted by molar-refractivity contribution is 7.88. The van der Waals surface area contributed by atoms with Crippen LogP contribution in [0.2, 0.25) is 0 Å². The molecule has 0 aliphatic carbocycles. The normalized spacial score (nSPS) is 16.7. The molecule has 2 heterocycles. The lowest BCUT2D eigenvalue weighted by atomic mass is 10.0. The number of rotatable bonds is 6. The summed E-state index contributed by atoms with van der Waals surface area (Å²) >= 11 is 0. The molecule has 8 nitrogen and oxygen atoms in total. The number of halogens is 5. The molecule has 3 aromatic carbocycles. The van der Waals surface area contributed by atoms with Crippen molar-refractivity contribution in [3.8, 4) is 11.4 Å². The fourth-order valence-electron chi connectivity index (χ4n) is 5.23. The second-order valence-corrected chi connectivity index (χ2v) is 12.1. The van der Waals surface area contributed by atoms with Crippen LogP contribution in [0.1, 0.15) is 28.5 Å². The van der Waals surface area contributed by atoms with E-state index in [1.165, 1.54) is 17.3 Å². The summed E-state index contributed by atoms with van der Waals surface area (Å²) in [5.41, 5.74) is -1.39. The van der Waals surface area contributed by atoms with E-state index in [9.17, 15) is 40.3 Å². The van der Waals surface area contributed by atoms with Gasteiger partial charge >= 0.3 is 6.18 Å². The Morgan fingerprint density at radius 2 is 1.74 bits per heavy atom. The SMILES string of the molecule is CC(=O)c1nn(-c2cc(C(F)(F)F)c(F)c(O)c2F)c2ccc(N3CCN(S(C)(=O)=O)C[C@H]3Cc3ccccc3)cc12. The second-order valence-electron chi connectivity index (χ2n) is 10.1. The third-order valence-corrected chi connectivity index (χ3v) is 8.52. The van der Waals surface area contributed by atoms with Crippen molar-refractivity contribution >= 4 is 32.4 Å². The zero-order valence-electron chi connectivity index (χ0n) is 22.4. The maximum absolute atomic E-state index is 15.0. The number of aromatic hydroxyl groups is 1. The fourth-order valence-corrected chi connectivity index (χ4v) is 6.08. The van der Waals surface area contributed by atoms with Crippen LogP contribution in [-0.4, -0.2) is 65.3 Å². The standard InChI is InChI=1S/C28H25F5N4O4S/c1-16(38)26-20-13-18(36-11-10-35(42(2,40)41)15-19(36)12-17-6-4-3-5-7-17)8-9-22(20)37(34-26)23-14-21(28(31,32)33)24(29)27(39)25(23)30/h3-9,13-14,19,39H,10-12,15H2,1-2H3/t19-/m1/s1. The molecule has 1 aliphatic heterocycles. The molecule has 0 spiro atoms. The predicted octanol–water partition coefficient (Wildman–Crippen LogP) is 4.92. The Bertz CT molecular complexity index is 1790. The molecule has 0 radical (unpaired) electrons. The summed E-state index contributed by atoms with van der Waals surface area (Å²) in [6.45, 7) is 1.86. The van der Waals surface area contributed by atoms with Gasteiger partial charge in [0, 0.05) is 43.7 Å². The Hall–Kier alpha value is -4.04. The lowest BCUT2D eigenvalue weighted by Crippen LogP contribution is -2.55. The van der Waals surface area contributed by atoms with Crippen molar-refractivity contribution < 1.29 is 40.3 Å². The molecule has 1 N–H and O–H groups in total. The highest BCUT2D eigenvalue weighted by Gasteiger charge is 2.38. The number of benzene rings is 3. The summed E-state index contributed by atoms with van der Waals surface area (Å²) in [5.74, 6) is -6.23. The van der Waals surface area contributed by atoms with Gasteiger partial charge in [-0.15, -0.1) is 0 Å². The van der Waals surface area contributed by atoms with Gasteiger partial charge in [-0.1, -0.05) is 30.3 Å². The van der Waals surface area contributed by atoms with E-state index in [1.807, 2.05) is 35.2 Å². The Balaban J connectivity index is 1.63. The number of phenolic OH excluding ortho intramolecular Hbond substituents is 1. The molecular weight excluding hydrogens is 583 g/mol. The number of alkyl halides is 3. The molecule has 1 aliphatic rings. The lowest BCUT2D eigenvalue weighted by molar-refractivity contribution is -0.140. The summed E-state index contributed by atoms with van der Waals surface area (Å²) in [6, 6.07) is 13.9. The minimum absolute atomic E-state index is 0.0383. The van der Waals surface area contributed by atoms with Crippen molar-refractivity contribution in [1.82, 2.24) is 14.1 Å². The molecule has 222 valence electrons. The van der Waals surface area contributed by atoms with Gasteiger partial charge in [0.25, 0.3) is 0 Å². The first-order valence-corrected chi connectivity index (χ1v) is 14.6. The molecule has 0 unspecified atom stereocenters. The first-order valence-electron chi connectivity index (χ1n) is 12.7. The molecular formula is C28H25F5N4O4S. The number of carbonyl (C=O) groups excluding carboxylic acids is 1. The van der Waals surface area contributed by atoms with E-state index in [2.05, 4.69) is 5.10 Å². The third kappa shape index (κ3) is 5.43. The van der Waals surface area contributed by atoms with Crippen molar-refractivity contribution in [3.05, 3.63) is 83.1 Å². The van der Waals surface area contributed by atoms with Crippen LogP contribution in [0.4, 0.5) is 27.6 Å². The van der Waals surface area contributed by atoms with Crippen LogP contribution in [-0.2, 0) is 22.6 Å². The summed E-state index contributed by atoms with van der Waals surface area (Å²) in [6.07, 6.45) is -3.62. The number of piperazine rings is 1. The molecule has 4 aromatic rings. The number of ketones is 1. The Labute approximate surface area is 237 Å². The zero-order valence-corrected chi connectivity index (χ0v) is 23.2. The van der Waals surface area contributed by atoms with Gasteiger partial charge in [0.15, 0.2) is 23.2 Å². The van der Waals surface area contributed by atoms with E-state index in [1.54, 1.807) is 12.1 Å². The van der Waals surface area contributed by atoms with Crippen molar-refractivity contribution in [1.29, 1.82) is 0 Å². The number of hydrogen-bond donors (Lipinski definition) is 1. The quantitative estimate of drug-likeness (QED) is 0.247. The van der Waals surface area contributed by atoms with E-state index in [4.69, 9.17) is 0 Å². The topological polar surface area (TPSA) is 95.7 Å². The van der Waals surface area contributed by atoms with Crippen molar-refractivity contribution in [3.63, 3.8) is 0 Å². The molecule has 0 amide bonds. The highest BCUT2D eigenvalue weighted by Crippen LogP contribution is 2.39. The van der Waals surface area contributed by atoms with Crippen LogP contribution >= 0.6 is 0 Å². The van der Waals surface area contributed by atoms with E-state index in [-0.39, 0.29) is 41.8 Å². The predicted molar refractivity (Wildman–Crippen MR) is 145 cm³/mol. The average Bonchev–Trinajstić information content (AvgIpc) is 3.30. The third-order valence-electron chi connectivity index (χ3n) is 7.25. The molecule has 1 fully saturated rings. The van der Waals surface area contributed by atoms with Crippen LogP contribution in [0.15, 0.2) is 54.6 Å². The number of sulfonamides is 1. The van der Waals surface area contributed by atoms with Crippen LogP contribution in [0.25, 0.3) is 16.6 Å². The maximum Gasteiger partial charge on any atom is 0.419 e. The summed E-state index contributed by atoms with van der Waals surface area (Å²) in [4.78, 5) is 14.5. The molecule has 1 atom stereocenters. The summed E-state index contributed by atoms with van der Waals surface area (Å²) < 4.78 is 96.2. The lowest BCUT2D eigenvalue weighted by Gasteiger charge is -2.42. The van der Waals surface area contributed by atoms with Crippen LogP contribution < -0.4 is 4.90 Å². The van der Waals surface area contributed by atoms with Crippen LogP contribution in [0.3, 0.4) is 0 Å². The Morgan fingerprint density at radius 3 is 2.36 bits per heavy atom. The zero-order chi connectivity index (χ0) is 30.6. The first kappa shape index (κ1) is 29.5. The molecule has 0 bridgehead atoms. The summed E-state index contributed by atoms with van der Waals surface area (Å²) in [5, 5.41) is 14.0. The largest absolute Gasteiger partial charge is 0.503 e. The van der Waals surface area contributed by atoms with E-state index < -0.39 is 50.6 Å². The number of Topliss-reactive ketones (excluding diaryl/α,β-unsaturated/α-hetero) is 1. The van der Waals surface area contributed by atoms with Crippen molar-refractivity contribution in [2.24, 2.45) is 0 Å². The minimum atomic E-state index is -5.24. The van der Waals surface area contributed by atoms with Crippen molar-refractivity contribution in [2.75, 3.05) is 30.8 Å². The Kier molecular flexibility index (Phi) is 7.47. The number of anilines is 1. The van der Waals surface area contributed by atoms with Gasteiger partial charge in [-0.2, -0.15) is 22.6 Å². The van der Waals surface area contributed by atoms with Gasteiger partial charge in [0.1, 0.15) is 11.4 Å². The fraction of sp³-hybridized carbons (Fsp3) is 0.286. The van der Waals surface area contributed by atoms with Gasteiger partial charge in [-0.25, -0.2) is 21.9 Å². The number of phenols is 1. The summed E-state index contributed by atoms with van der Waals surface area (Å²) in [7, 11) is -3.48. The number of carbonyl (C=O) groups is 1. The molecule has 42 heavy (non-hydrogen) atoms. The second kappa shape index (κ2) is 10.7. The van der Waals surface area contributed by atoms with E-state index in [0.717, 1.165) is 16.5 Å². The molecule has 1 saturated heterocycles. The Morgan fingerprint density at radius 1 is 1.05 bits per heavy atom. The number of nitrogens with zero attached hydrogens (tertiary/aromatic N) is 4. The smallest absolute Gasteiger partial charge is 0.419 e. The van der Waals surface area contributed by atoms with Gasteiger partial charge in [-0.3, -0.25) is 4.79 Å². The van der Waals surface area contributed by atoms with E-state index >= 15 is 0 Å². The van der Waals surface area contributed by atoms with Gasteiger partial charge < -0.3 is 10.0 Å². The van der Waals surface area contributed by atoms with Gasteiger partial charge in [0.2, 0.25) is 10.0 Å². The minimum Gasteiger partial charge on any atom is -0.503 e. The number of aromatic nitrogens is 2. The molecule has 0 saturated carbocycles. The van der Waals surface area contributed by atoms with Gasteiger partial charge in [-0.05, 0) is 36.2 Å². The monoisotopic (exact) mass is 608 g/mol.